The molecule has 2 aromatic rings. The first-order chi connectivity index (χ1) is 9.61. The van der Waals surface area contributed by atoms with E-state index in [-0.39, 0.29) is 11.6 Å². The van der Waals surface area contributed by atoms with Crippen molar-refractivity contribution in [2.24, 2.45) is 0 Å². The van der Waals surface area contributed by atoms with Crippen molar-refractivity contribution in [2.75, 3.05) is 0 Å². The summed E-state index contributed by atoms with van der Waals surface area (Å²) in [6.45, 7) is 1.89. The summed E-state index contributed by atoms with van der Waals surface area (Å²) in [4.78, 5) is 25.3. The van der Waals surface area contributed by atoms with E-state index < -0.39 is 11.2 Å². The Balaban J connectivity index is 2.18. The molecule has 5 nitrogen and oxygen atoms in total. The Bertz CT molecular complexity index is 738. The molecule has 0 aliphatic heterocycles. The van der Waals surface area contributed by atoms with Gasteiger partial charge in [0.05, 0.1) is 0 Å². The average Bonchev–Trinajstić information content (AvgIpc) is 2.46. The van der Waals surface area contributed by atoms with Crippen molar-refractivity contribution in [3.63, 3.8) is 0 Å². The van der Waals surface area contributed by atoms with Gasteiger partial charge in [-0.15, -0.1) is 0 Å². The van der Waals surface area contributed by atoms with Crippen molar-refractivity contribution < 1.29 is 0 Å². The predicted octanol–water partition coefficient (Wildman–Crippen LogP) is 1.60. The normalized spacial score (nSPS) is 11.8. The second-order valence-corrected chi connectivity index (χ2v) is 4.69. The maximum Gasteiger partial charge on any atom is 0.328 e. The molecule has 0 aliphatic rings. The van der Waals surface area contributed by atoms with Crippen LogP contribution < -0.4 is 11.2 Å². The second kappa shape index (κ2) is 6.02. The Kier molecular flexibility index (Phi) is 4.16. The lowest BCUT2D eigenvalue weighted by Crippen LogP contribution is -2.32. The van der Waals surface area contributed by atoms with Gasteiger partial charge in [0.1, 0.15) is 11.6 Å². The van der Waals surface area contributed by atoms with Crippen molar-refractivity contribution in [1.29, 1.82) is 5.26 Å². The van der Waals surface area contributed by atoms with E-state index in [4.69, 9.17) is 5.26 Å². The molecule has 102 valence electrons. The van der Waals surface area contributed by atoms with Crippen LogP contribution in [0.5, 0.6) is 0 Å². The Labute approximate surface area is 116 Å². The summed E-state index contributed by atoms with van der Waals surface area (Å²) >= 11 is 0. The Morgan fingerprint density at radius 3 is 2.65 bits per heavy atom. The van der Waals surface area contributed by atoms with E-state index in [2.05, 4.69) is 4.98 Å². The van der Waals surface area contributed by atoms with Crippen molar-refractivity contribution in [2.45, 2.75) is 25.8 Å². The van der Waals surface area contributed by atoms with Gasteiger partial charge in [-0.25, -0.2) is 4.79 Å². The van der Waals surface area contributed by atoms with E-state index in [1.807, 2.05) is 37.3 Å². The number of aryl methyl sites for hydroxylation is 1. The number of aromatic amines is 1. The highest BCUT2D eigenvalue weighted by Crippen LogP contribution is 2.12. The Morgan fingerprint density at radius 2 is 2.00 bits per heavy atom. The summed E-state index contributed by atoms with van der Waals surface area (Å²) in [7, 11) is 0. The lowest BCUT2D eigenvalue weighted by atomic mass is 10.1. The molecule has 1 heterocycles. The molecule has 0 saturated heterocycles. The van der Waals surface area contributed by atoms with E-state index in [1.165, 1.54) is 16.3 Å². The number of nitrogens with one attached hydrogen (secondary N) is 1. The average molecular weight is 269 g/mol. The minimum Gasteiger partial charge on any atom is -0.296 e. The minimum atomic E-state index is -0.635. The first-order valence-corrected chi connectivity index (χ1v) is 6.41. The van der Waals surface area contributed by atoms with E-state index in [1.54, 1.807) is 6.07 Å². The van der Waals surface area contributed by atoms with Gasteiger partial charge >= 0.3 is 5.69 Å². The molecule has 1 atom stereocenters. The lowest BCUT2D eigenvalue weighted by molar-refractivity contribution is 0.481. The smallest absolute Gasteiger partial charge is 0.296 e. The number of hydrogen-bond donors (Lipinski definition) is 1. The van der Waals surface area contributed by atoms with Gasteiger partial charge in [-0.3, -0.25) is 14.3 Å². The van der Waals surface area contributed by atoms with Gasteiger partial charge in [-0.05, 0) is 25.3 Å². The fourth-order valence-electron chi connectivity index (χ4n) is 2.05. The summed E-state index contributed by atoms with van der Waals surface area (Å²) in [5.41, 5.74) is 0.0343. The van der Waals surface area contributed by atoms with Crippen LogP contribution in [0.1, 0.15) is 30.5 Å². The Morgan fingerprint density at radius 1 is 1.30 bits per heavy atom. The highest BCUT2D eigenvalue weighted by Gasteiger charge is 2.10. The fraction of sp³-hybridized carbons (Fsp3) is 0.267. The van der Waals surface area contributed by atoms with Crippen LogP contribution >= 0.6 is 0 Å². The molecule has 0 bridgehead atoms. The van der Waals surface area contributed by atoms with Crippen molar-refractivity contribution >= 4 is 0 Å². The number of rotatable bonds is 4. The minimum absolute atomic E-state index is 0.0452. The maximum atomic E-state index is 11.8. The highest BCUT2D eigenvalue weighted by molar-refractivity contribution is 5.22. The summed E-state index contributed by atoms with van der Waals surface area (Å²) in [5, 5.41) is 8.84. The van der Waals surface area contributed by atoms with Crippen molar-refractivity contribution in [3.8, 4) is 6.07 Å². The zero-order chi connectivity index (χ0) is 14.5. The molecular weight excluding hydrogens is 254 g/mol. The molecule has 0 aliphatic carbocycles. The predicted molar refractivity (Wildman–Crippen MR) is 75.5 cm³/mol. The standard InChI is InChI=1S/C15H15N3O2/c1-11(7-8-12-5-3-2-4-6-12)18-10-13(9-16)14(19)17-15(18)20/h2-6,10-11H,7-8H2,1H3,(H,17,19,20). The van der Waals surface area contributed by atoms with Crippen LogP contribution in [0.4, 0.5) is 0 Å². The zero-order valence-corrected chi connectivity index (χ0v) is 11.2. The summed E-state index contributed by atoms with van der Waals surface area (Å²) in [6.07, 6.45) is 2.91. The van der Waals surface area contributed by atoms with Crippen LogP contribution in [0.15, 0.2) is 46.1 Å². The summed E-state index contributed by atoms with van der Waals surface area (Å²) < 4.78 is 1.41. The molecule has 5 heteroatoms. The monoisotopic (exact) mass is 269 g/mol. The third-order valence-electron chi connectivity index (χ3n) is 3.26. The van der Waals surface area contributed by atoms with E-state index in [9.17, 15) is 9.59 Å². The fourth-order valence-corrected chi connectivity index (χ4v) is 2.05. The molecule has 0 amide bonds. The van der Waals surface area contributed by atoms with E-state index in [0.29, 0.717) is 0 Å². The highest BCUT2D eigenvalue weighted by atomic mass is 16.2. The lowest BCUT2D eigenvalue weighted by Gasteiger charge is -2.14. The molecule has 0 saturated carbocycles. The number of aromatic nitrogens is 2. The van der Waals surface area contributed by atoms with Crippen LogP contribution in [0.2, 0.25) is 0 Å². The quantitative estimate of drug-likeness (QED) is 0.915. The number of hydrogen-bond acceptors (Lipinski definition) is 3. The molecule has 2 rings (SSSR count). The maximum absolute atomic E-state index is 11.8. The molecule has 1 unspecified atom stereocenters. The van der Waals surface area contributed by atoms with Gasteiger partial charge in [-0.1, -0.05) is 30.3 Å². The van der Waals surface area contributed by atoms with Gasteiger partial charge in [0.25, 0.3) is 5.56 Å². The summed E-state index contributed by atoms with van der Waals surface area (Å²) in [5.74, 6) is 0. The van der Waals surface area contributed by atoms with Crippen LogP contribution in [0.3, 0.4) is 0 Å². The number of H-pyrrole nitrogens is 1. The van der Waals surface area contributed by atoms with Gasteiger partial charge in [0, 0.05) is 12.2 Å². The Hall–Kier alpha value is -2.61. The van der Waals surface area contributed by atoms with E-state index in [0.717, 1.165) is 12.8 Å². The number of benzene rings is 1. The third kappa shape index (κ3) is 3.04. The van der Waals surface area contributed by atoms with Crippen LogP contribution in [0.25, 0.3) is 0 Å². The van der Waals surface area contributed by atoms with Gasteiger partial charge in [0.15, 0.2) is 0 Å². The second-order valence-electron chi connectivity index (χ2n) is 4.69. The molecule has 0 spiro atoms. The van der Waals surface area contributed by atoms with Gasteiger partial charge < -0.3 is 0 Å². The molecule has 1 aromatic heterocycles. The molecule has 20 heavy (non-hydrogen) atoms. The van der Waals surface area contributed by atoms with Crippen LogP contribution in [0, 0.1) is 11.3 Å². The molecule has 1 N–H and O–H groups in total. The first kappa shape index (κ1) is 13.8. The zero-order valence-electron chi connectivity index (χ0n) is 11.2. The van der Waals surface area contributed by atoms with Gasteiger partial charge in [0.2, 0.25) is 0 Å². The largest absolute Gasteiger partial charge is 0.328 e. The van der Waals surface area contributed by atoms with Crippen LogP contribution in [-0.2, 0) is 6.42 Å². The molecule has 1 aromatic carbocycles. The molecule has 0 fully saturated rings. The van der Waals surface area contributed by atoms with Crippen molar-refractivity contribution in [1.82, 2.24) is 9.55 Å². The SMILES string of the molecule is CC(CCc1ccccc1)n1cc(C#N)c(=O)[nH]c1=O. The number of nitrogens with zero attached hydrogens (tertiary/aromatic N) is 2. The topological polar surface area (TPSA) is 78.7 Å². The van der Waals surface area contributed by atoms with Gasteiger partial charge in [-0.2, -0.15) is 5.26 Å². The van der Waals surface area contributed by atoms with Crippen LogP contribution in [-0.4, -0.2) is 9.55 Å². The first-order valence-electron chi connectivity index (χ1n) is 6.41. The summed E-state index contributed by atoms with van der Waals surface area (Å²) in [6, 6.07) is 11.7. The van der Waals surface area contributed by atoms with E-state index >= 15 is 0 Å². The molecule has 0 radical (unpaired) electrons. The third-order valence-corrected chi connectivity index (χ3v) is 3.26. The molecular formula is C15H15N3O2. The number of nitriles is 1. The van der Waals surface area contributed by atoms with Crippen molar-refractivity contribution in [3.05, 3.63) is 68.5 Å².